The molecular formula is C36H32ClFN4O7. The fraction of sp³-hybridized carbons (Fsp3) is 0.250. The maximum atomic E-state index is 13.4. The van der Waals surface area contributed by atoms with Gasteiger partial charge in [-0.3, -0.25) is 24.0 Å². The number of ether oxygens (including phenoxy) is 5. The molecule has 13 heteroatoms. The third-order valence-electron chi connectivity index (χ3n) is 8.14. The Morgan fingerprint density at radius 1 is 0.959 bits per heavy atom. The first kappa shape index (κ1) is 32.4. The summed E-state index contributed by atoms with van der Waals surface area (Å²) in [6.45, 7) is 5.52. The standard InChI is InChI=1S/C36H32ClFN4O7/c37-27-21-25(8-9-28(27)40-35(43)26-3-1-13-42(36(26)44)24-6-4-23(38)5-7-24)49-30-10-11-39-29-22-31(33-34(32(29)30)48-20-19-47-33)46-16-2-12-41-14-17-45-18-15-41/h1,3-11,13,21-22H,2,12,14-20H2,(H,40,43). The lowest BCUT2D eigenvalue weighted by Gasteiger charge is -2.26. The molecule has 0 bridgehead atoms. The number of fused-ring (bicyclic) bond motifs is 3. The van der Waals surface area contributed by atoms with Gasteiger partial charge in [-0.15, -0.1) is 0 Å². The molecule has 3 aromatic carbocycles. The summed E-state index contributed by atoms with van der Waals surface area (Å²) in [4.78, 5) is 33.2. The van der Waals surface area contributed by atoms with Crippen LogP contribution in [-0.2, 0) is 4.74 Å². The van der Waals surface area contributed by atoms with Gasteiger partial charge >= 0.3 is 0 Å². The van der Waals surface area contributed by atoms with Gasteiger partial charge in [0.05, 0.1) is 41.4 Å². The fourth-order valence-corrected chi connectivity index (χ4v) is 5.93. The first-order chi connectivity index (χ1) is 23.9. The number of nitrogens with one attached hydrogen (secondary N) is 1. The highest BCUT2D eigenvalue weighted by molar-refractivity contribution is 6.34. The summed E-state index contributed by atoms with van der Waals surface area (Å²) in [6.07, 6.45) is 3.98. The zero-order valence-electron chi connectivity index (χ0n) is 26.3. The molecule has 5 aromatic rings. The number of rotatable bonds is 10. The van der Waals surface area contributed by atoms with Crippen LogP contribution in [0.1, 0.15) is 16.8 Å². The highest BCUT2D eigenvalue weighted by atomic mass is 35.5. The molecule has 2 aliphatic heterocycles. The van der Waals surface area contributed by atoms with E-state index in [2.05, 4.69) is 15.2 Å². The minimum absolute atomic E-state index is 0.112. The Bertz CT molecular complexity index is 2050. The Hall–Kier alpha value is -5.17. The van der Waals surface area contributed by atoms with E-state index in [0.717, 1.165) is 39.3 Å². The fourth-order valence-electron chi connectivity index (χ4n) is 5.71. The topological polar surface area (TPSA) is 113 Å². The lowest BCUT2D eigenvalue weighted by molar-refractivity contribution is 0.0357. The predicted molar refractivity (Wildman–Crippen MR) is 182 cm³/mol. The SMILES string of the molecule is O=C(Nc1ccc(Oc2ccnc3cc(OCCCN4CCOCC4)c4c(c23)OCCO4)cc1Cl)c1cccn(-c2ccc(F)cc2)c1=O. The molecule has 252 valence electrons. The number of pyridine rings is 2. The van der Waals surface area contributed by atoms with Gasteiger partial charge in [-0.1, -0.05) is 11.6 Å². The molecule has 2 aliphatic rings. The molecule has 7 rings (SSSR count). The van der Waals surface area contributed by atoms with E-state index in [4.69, 9.17) is 35.3 Å². The van der Waals surface area contributed by atoms with Crippen molar-refractivity contribution in [2.75, 3.05) is 58.0 Å². The lowest BCUT2D eigenvalue weighted by Crippen LogP contribution is -2.37. The minimum Gasteiger partial charge on any atom is -0.489 e. The van der Waals surface area contributed by atoms with Crippen molar-refractivity contribution in [1.29, 1.82) is 0 Å². The summed E-state index contributed by atoms with van der Waals surface area (Å²) >= 11 is 6.58. The Morgan fingerprint density at radius 3 is 2.55 bits per heavy atom. The molecule has 0 atom stereocenters. The molecule has 0 unspecified atom stereocenters. The lowest BCUT2D eigenvalue weighted by atomic mass is 10.1. The van der Waals surface area contributed by atoms with Crippen molar-refractivity contribution < 1.29 is 32.9 Å². The number of aromatic nitrogens is 2. The molecule has 1 N–H and O–H groups in total. The Labute approximate surface area is 285 Å². The smallest absolute Gasteiger partial charge is 0.267 e. The number of benzene rings is 3. The van der Waals surface area contributed by atoms with Crippen molar-refractivity contribution in [1.82, 2.24) is 14.5 Å². The maximum absolute atomic E-state index is 13.4. The van der Waals surface area contributed by atoms with Gasteiger partial charge in [0.1, 0.15) is 36.1 Å². The first-order valence-electron chi connectivity index (χ1n) is 15.9. The zero-order valence-corrected chi connectivity index (χ0v) is 27.1. The van der Waals surface area contributed by atoms with E-state index in [1.54, 1.807) is 36.5 Å². The molecule has 1 amide bonds. The monoisotopic (exact) mass is 686 g/mol. The molecule has 1 saturated heterocycles. The Kier molecular flexibility index (Phi) is 9.60. The number of carbonyl (C=O) groups is 1. The van der Waals surface area contributed by atoms with Crippen LogP contribution in [0.15, 0.2) is 83.9 Å². The zero-order chi connectivity index (χ0) is 33.7. The molecule has 0 aliphatic carbocycles. The van der Waals surface area contributed by atoms with Gasteiger partial charge < -0.3 is 29.0 Å². The van der Waals surface area contributed by atoms with Gasteiger partial charge in [0.25, 0.3) is 11.5 Å². The molecule has 0 radical (unpaired) electrons. The van der Waals surface area contributed by atoms with E-state index in [1.165, 1.54) is 41.1 Å². The van der Waals surface area contributed by atoms with E-state index >= 15 is 0 Å². The van der Waals surface area contributed by atoms with Gasteiger partial charge in [0.2, 0.25) is 5.75 Å². The second-order valence-corrected chi connectivity index (χ2v) is 11.8. The summed E-state index contributed by atoms with van der Waals surface area (Å²) in [5.74, 6) is 1.31. The van der Waals surface area contributed by atoms with Crippen LogP contribution in [0.4, 0.5) is 10.1 Å². The number of anilines is 1. The van der Waals surface area contributed by atoms with Crippen molar-refractivity contribution in [3.05, 3.63) is 106 Å². The number of carbonyl (C=O) groups excluding carboxylic acids is 1. The van der Waals surface area contributed by atoms with Crippen molar-refractivity contribution in [2.45, 2.75) is 6.42 Å². The number of morpholine rings is 1. The molecule has 49 heavy (non-hydrogen) atoms. The summed E-state index contributed by atoms with van der Waals surface area (Å²) in [7, 11) is 0. The average Bonchev–Trinajstić information content (AvgIpc) is 3.12. The van der Waals surface area contributed by atoms with Gasteiger partial charge in [0, 0.05) is 49.8 Å². The second kappa shape index (κ2) is 14.5. The number of nitrogens with zero attached hydrogens (tertiary/aromatic N) is 3. The third kappa shape index (κ3) is 7.16. The highest BCUT2D eigenvalue weighted by Crippen LogP contribution is 2.48. The number of hydrogen-bond acceptors (Lipinski definition) is 9. The van der Waals surface area contributed by atoms with Crippen LogP contribution in [0.3, 0.4) is 0 Å². The van der Waals surface area contributed by atoms with Crippen LogP contribution >= 0.6 is 11.6 Å². The van der Waals surface area contributed by atoms with E-state index < -0.39 is 17.3 Å². The van der Waals surface area contributed by atoms with Gasteiger partial charge in [-0.05, 0) is 61.0 Å². The van der Waals surface area contributed by atoms with Crippen LogP contribution in [-0.4, -0.2) is 73.0 Å². The number of halogens is 2. The molecule has 1 fully saturated rings. The maximum Gasteiger partial charge on any atom is 0.267 e. The Balaban J connectivity index is 1.08. The van der Waals surface area contributed by atoms with Gasteiger partial charge in [-0.25, -0.2) is 4.39 Å². The quantitative estimate of drug-likeness (QED) is 0.174. The molecule has 0 spiro atoms. The summed E-state index contributed by atoms with van der Waals surface area (Å²) in [5, 5.41) is 3.50. The van der Waals surface area contributed by atoms with Crippen LogP contribution < -0.4 is 29.8 Å². The number of amides is 1. The van der Waals surface area contributed by atoms with Crippen LogP contribution in [0.2, 0.25) is 5.02 Å². The average molecular weight is 687 g/mol. The molecule has 11 nitrogen and oxygen atoms in total. The van der Waals surface area contributed by atoms with Crippen molar-refractivity contribution in [3.8, 4) is 34.4 Å². The summed E-state index contributed by atoms with van der Waals surface area (Å²) < 4.78 is 44.6. The van der Waals surface area contributed by atoms with Gasteiger partial charge in [0.15, 0.2) is 11.5 Å². The van der Waals surface area contributed by atoms with E-state index in [9.17, 15) is 14.0 Å². The van der Waals surface area contributed by atoms with Crippen molar-refractivity contribution in [2.24, 2.45) is 0 Å². The minimum atomic E-state index is -0.653. The predicted octanol–water partition coefficient (Wildman–Crippen LogP) is 6.10. The third-order valence-corrected chi connectivity index (χ3v) is 8.45. The second-order valence-electron chi connectivity index (χ2n) is 11.4. The Morgan fingerprint density at radius 2 is 1.76 bits per heavy atom. The van der Waals surface area contributed by atoms with E-state index in [0.29, 0.717) is 65.2 Å². The largest absolute Gasteiger partial charge is 0.489 e. The van der Waals surface area contributed by atoms with Crippen molar-refractivity contribution in [3.63, 3.8) is 0 Å². The number of hydrogen-bond donors (Lipinski definition) is 1. The molecule has 2 aromatic heterocycles. The summed E-state index contributed by atoms with van der Waals surface area (Å²) in [6, 6.07) is 16.7. The molecule has 0 saturated carbocycles. The van der Waals surface area contributed by atoms with Crippen LogP contribution in [0.25, 0.3) is 16.6 Å². The van der Waals surface area contributed by atoms with Crippen LogP contribution in [0.5, 0.6) is 28.7 Å². The molecular weight excluding hydrogens is 655 g/mol. The normalized spacial score (nSPS) is 14.4. The highest BCUT2D eigenvalue weighted by Gasteiger charge is 2.25. The van der Waals surface area contributed by atoms with Crippen LogP contribution in [0, 0.1) is 5.82 Å². The first-order valence-corrected chi connectivity index (χ1v) is 16.2. The van der Waals surface area contributed by atoms with Crippen molar-refractivity contribution >= 4 is 34.1 Å². The van der Waals surface area contributed by atoms with E-state index in [1.807, 2.05) is 6.07 Å². The van der Waals surface area contributed by atoms with E-state index in [-0.39, 0.29) is 16.3 Å². The summed E-state index contributed by atoms with van der Waals surface area (Å²) in [5.41, 5.74) is 0.627. The van der Waals surface area contributed by atoms with Gasteiger partial charge in [-0.2, -0.15) is 0 Å². The molecule has 4 heterocycles.